The Kier molecular flexibility index (Phi) is 21.9. The van der Waals surface area contributed by atoms with Crippen LogP contribution in [0.25, 0.3) is 15.4 Å². The smallest absolute Gasteiger partial charge is 0.407 e. The summed E-state index contributed by atoms with van der Waals surface area (Å²) in [6, 6.07) is 12.6. The number of rotatable bonds is 25. The molecule has 24 heteroatoms. The molecule has 0 saturated carbocycles. The monoisotopic (exact) mass is 1190 g/mol. The molecule has 2 aliphatic heterocycles. The maximum atomic E-state index is 14.5. The maximum Gasteiger partial charge on any atom is 0.407 e. The van der Waals surface area contributed by atoms with Crippen LogP contribution in [0.3, 0.4) is 0 Å². The van der Waals surface area contributed by atoms with Crippen molar-refractivity contribution in [1.29, 1.82) is 0 Å². The molecule has 2 aliphatic rings. The van der Waals surface area contributed by atoms with Gasteiger partial charge >= 0.3 is 12.1 Å². The summed E-state index contributed by atoms with van der Waals surface area (Å²) in [5.41, 5.74) is 6.82. The number of thiazole rings is 1. The second kappa shape index (κ2) is 28.6. The number of thiophene rings is 1. The van der Waals surface area contributed by atoms with E-state index in [0.29, 0.717) is 16.7 Å². The minimum absolute atomic E-state index is 0.0220. The summed E-state index contributed by atoms with van der Waals surface area (Å²) in [5, 5.41) is 21.7. The summed E-state index contributed by atoms with van der Waals surface area (Å²) in [6.45, 7) is 19.8. The van der Waals surface area contributed by atoms with Crippen LogP contribution in [-0.2, 0) is 54.2 Å². The SMILES string of the molecule is Cc1ncsc1-c1ccc(CNC(=O)[C@@H]2C[C@@H](OC(=O)CCCNC(=O)OC(C)(C)C)CN2C(=O)[C@@H](NC(=O)COCCOCCOCCNC(=O)C[C@@H]2N=C(c3ccc(Cl)cc3)c3c(sc(C)c3C)-n3c(C)nnc32)C(C)(C)C)cc1. The van der Waals surface area contributed by atoms with Crippen molar-refractivity contribution in [3.63, 3.8) is 0 Å². The molecule has 4 N–H and O–H groups in total. The maximum absolute atomic E-state index is 14.5. The van der Waals surface area contributed by atoms with Crippen LogP contribution in [0.1, 0.15) is 118 Å². The van der Waals surface area contributed by atoms with E-state index >= 15 is 0 Å². The van der Waals surface area contributed by atoms with Gasteiger partial charge in [0.1, 0.15) is 47.3 Å². The highest BCUT2D eigenvalue weighted by atomic mass is 35.5. The van der Waals surface area contributed by atoms with Gasteiger partial charge in [-0.3, -0.25) is 33.5 Å². The Morgan fingerprint density at radius 3 is 2.16 bits per heavy atom. The van der Waals surface area contributed by atoms with Crippen molar-refractivity contribution in [2.24, 2.45) is 10.4 Å². The molecule has 0 bridgehead atoms. The second-order valence-electron chi connectivity index (χ2n) is 22.2. The minimum Gasteiger partial charge on any atom is -0.460 e. The first kappa shape index (κ1) is 63.0. The highest BCUT2D eigenvalue weighted by molar-refractivity contribution is 7.15. The van der Waals surface area contributed by atoms with Crippen LogP contribution in [0.4, 0.5) is 4.79 Å². The number of carbonyl (C=O) groups excluding carboxylic acids is 6. The van der Waals surface area contributed by atoms with E-state index in [-0.39, 0.29) is 97.4 Å². The molecule has 5 amide bonds. The van der Waals surface area contributed by atoms with Crippen molar-refractivity contribution in [2.75, 3.05) is 59.3 Å². The van der Waals surface area contributed by atoms with Crippen LogP contribution in [0.5, 0.6) is 0 Å². The lowest BCUT2D eigenvalue weighted by Crippen LogP contribution is -2.58. The fourth-order valence-electron chi connectivity index (χ4n) is 9.28. The molecule has 0 aliphatic carbocycles. The van der Waals surface area contributed by atoms with Gasteiger partial charge in [-0.15, -0.1) is 32.9 Å². The summed E-state index contributed by atoms with van der Waals surface area (Å²) in [6.07, 6.45) is -1.08. The third kappa shape index (κ3) is 17.2. The molecule has 82 heavy (non-hydrogen) atoms. The van der Waals surface area contributed by atoms with Gasteiger partial charge in [0.15, 0.2) is 5.82 Å². The lowest BCUT2D eigenvalue weighted by Gasteiger charge is -2.35. The lowest BCUT2D eigenvalue weighted by molar-refractivity contribution is -0.150. The van der Waals surface area contributed by atoms with Crippen LogP contribution in [0.15, 0.2) is 59.0 Å². The van der Waals surface area contributed by atoms with Crippen LogP contribution < -0.4 is 21.3 Å². The third-order valence-electron chi connectivity index (χ3n) is 13.5. The van der Waals surface area contributed by atoms with Crippen molar-refractivity contribution in [3.05, 3.63) is 104 Å². The molecule has 5 aromatic rings. The molecule has 0 radical (unpaired) electrons. The molecule has 2 aromatic carbocycles. The predicted molar refractivity (Wildman–Crippen MR) is 312 cm³/mol. The Hall–Kier alpha value is -6.63. The zero-order valence-electron chi connectivity index (χ0n) is 48.3. The van der Waals surface area contributed by atoms with E-state index in [1.165, 1.54) is 4.90 Å². The number of ether oxygens (including phenoxy) is 5. The summed E-state index contributed by atoms with van der Waals surface area (Å²) in [7, 11) is 0. The van der Waals surface area contributed by atoms with E-state index in [1.807, 2.05) is 66.9 Å². The van der Waals surface area contributed by atoms with Crippen molar-refractivity contribution < 1.29 is 52.5 Å². The first-order chi connectivity index (χ1) is 39.0. The largest absolute Gasteiger partial charge is 0.460 e. The second-order valence-corrected chi connectivity index (χ2v) is 24.7. The highest BCUT2D eigenvalue weighted by Crippen LogP contribution is 2.40. The summed E-state index contributed by atoms with van der Waals surface area (Å²) in [5.74, 6) is -0.993. The number of halogens is 1. The van der Waals surface area contributed by atoms with E-state index in [0.717, 1.165) is 54.0 Å². The average molecular weight is 1190 g/mol. The number of amides is 5. The van der Waals surface area contributed by atoms with Gasteiger partial charge in [0.05, 0.1) is 67.8 Å². The van der Waals surface area contributed by atoms with E-state index in [4.69, 9.17) is 40.3 Å². The number of aryl methyl sites for hydroxylation is 3. The lowest BCUT2D eigenvalue weighted by atomic mass is 9.85. The molecule has 0 spiro atoms. The Morgan fingerprint density at radius 2 is 1.49 bits per heavy atom. The number of nitrogens with zero attached hydrogens (tertiary/aromatic N) is 6. The van der Waals surface area contributed by atoms with E-state index in [2.05, 4.69) is 50.3 Å². The van der Waals surface area contributed by atoms with Gasteiger partial charge in [-0.2, -0.15) is 0 Å². The van der Waals surface area contributed by atoms with Crippen LogP contribution in [0, 0.1) is 33.1 Å². The number of nitrogens with one attached hydrogen (secondary N) is 4. The van der Waals surface area contributed by atoms with Crippen LogP contribution >= 0.6 is 34.3 Å². The summed E-state index contributed by atoms with van der Waals surface area (Å²) >= 11 is 9.44. The number of alkyl carbamates (subject to hydrolysis) is 1. The first-order valence-electron chi connectivity index (χ1n) is 27.4. The molecular formula is C58H75ClN10O11S2. The van der Waals surface area contributed by atoms with E-state index in [1.54, 1.807) is 69.7 Å². The average Bonchev–Trinajstić information content (AvgIpc) is 4.35. The van der Waals surface area contributed by atoms with Crippen LogP contribution in [0.2, 0.25) is 5.02 Å². The van der Waals surface area contributed by atoms with Gasteiger partial charge < -0.3 is 49.9 Å². The Labute approximate surface area is 491 Å². The molecule has 1 saturated heterocycles. The van der Waals surface area contributed by atoms with Gasteiger partial charge in [-0.25, -0.2) is 9.78 Å². The van der Waals surface area contributed by atoms with Gasteiger partial charge in [-0.05, 0) is 89.1 Å². The number of likely N-dealkylation sites (tertiary alicyclic amines) is 1. The molecule has 442 valence electrons. The number of fused-ring (bicyclic) bond motifs is 3. The number of benzene rings is 2. The number of esters is 1. The van der Waals surface area contributed by atoms with Gasteiger partial charge in [0.25, 0.3) is 0 Å². The zero-order chi connectivity index (χ0) is 59.3. The standard InChI is InChI=1S/C58H75ClN10O11S2/c1-34-36(3)82-55-48(34)49(39-17-19-41(59)20-18-39)64-43(52-67-66-37(4)69(52)55)29-45(70)60-22-23-76-24-25-77-26-27-78-32-46(71)65-51(57(5,6)7)54(74)68-31-42(79-47(72)12-11-21-61-56(75)80-58(8,9)10)28-44(68)53(73)62-30-38-13-15-40(16-14-38)50-35(2)63-33-81-50/h13-20,33,42-44,51H,11-12,21-32H2,1-10H3,(H,60,70)(H,61,75)(H,62,73)(H,65,71)/t42-,43+,44+,51-/m1/s1. The number of aromatic nitrogens is 4. The molecule has 7 rings (SSSR count). The Balaban J connectivity index is 0.844. The quantitative estimate of drug-likeness (QED) is 0.0327. The molecular weight excluding hydrogens is 1110 g/mol. The minimum atomic E-state index is -1.08. The first-order valence-corrected chi connectivity index (χ1v) is 29.4. The zero-order valence-corrected chi connectivity index (χ0v) is 50.7. The van der Waals surface area contributed by atoms with Gasteiger partial charge in [0, 0.05) is 53.5 Å². The number of hydrogen-bond donors (Lipinski definition) is 4. The molecule has 21 nitrogen and oxygen atoms in total. The van der Waals surface area contributed by atoms with Crippen molar-refractivity contribution in [2.45, 2.75) is 131 Å². The molecule has 3 aromatic heterocycles. The van der Waals surface area contributed by atoms with Gasteiger partial charge in [0.2, 0.25) is 23.6 Å². The number of aliphatic imine (C=N–C) groups is 1. The normalized spacial score (nSPS) is 16.3. The Bertz CT molecular complexity index is 3070. The van der Waals surface area contributed by atoms with Crippen molar-refractivity contribution in [1.82, 2.24) is 45.9 Å². The molecule has 4 atom stereocenters. The molecule has 0 unspecified atom stereocenters. The Morgan fingerprint density at radius 1 is 0.805 bits per heavy atom. The number of carbonyl (C=O) groups is 6. The fourth-order valence-corrected chi connectivity index (χ4v) is 11.4. The van der Waals surface area contributed by atoms with Crippen molar-refractivity contribution in [3.8, 4) is 15.4 Å². The van der Waals surface area contributed by atoms with E-state index in [9.17, 15) is 28.8 Å². The van der Waals surface area contributed by atoms with Crippen LogP contribution in [-0.4, -0.2) is 149 Å². The molecule has 5 heterocycles. The fraction of sp³-hybridized carbons (Fsp3) is 0.517. The summed E-state index contributed by atoms with van der Waals surface area (Å²) < 4.78 is 30.0. The van der Waals surface area contributed by atoms with Gasteiger partial charge in [-0.1, -0.05) is 68.8 Å². The van der Waals surface area contributed by atoms with E-state index < -0.39 is 65.0 Å². The predicted octanol–water partition coefficient (Wildman–Crippen LogP) is 7.45. The van der Waals surface area contributed by atoms with Crippen molar-refractivity contribution >= 4 is 75.7 Å². The molecule has 1 fully saturated rings. The number of hydrogen-bond acceptors (Lipinski definition) is 17. The highest BCUT2D eigenvalue weighted by Gasteiger charge is 2.46. The summed E-state index contributed by atoms with van der Waals surface area (Å²) in [4.78, 5) is 93.5. The topological polar surface area (TPSA) is 256 Å². The third-order valence-corrected chi connectivity index (χ3v) is 15.9.